The maximum absolute atomic E-state index is 12.4. The van der Waals surface area contributed by atoms with E-state index in [-0.39, 0.29) is 18.0 Å². The van der Waals surface area contributed by atoms with Crippen molar-refractivity contribution < 1.29 is 18.8 Å². The molecule has 140 valence electrons. The van der Waals surface area contributed by atoms with Crippen molar-refractivity contribution in [3.05, 3.63) is 0 Å². The van der Waals surface area contributed by atoms with Gasteiger partial charge >= 0.3 is 5.97 Å². The van der Waals surface area contributed by atoms with Crippen LogP contribution in [0.25, 0.3) is 0 Å². The monoisotopic (exact) mass is 341 g/mol. The van der Waals surface area contributed by atoms with Crippen LogP contribution in [-0.4, -0.2) is 56.2 Å². The Hall–Kier alpha value is -1.10. The summed E-state index contributed by atoms with van der Waals surface area (Å²) in [5.41, 5.74) is 0. The number of quaternary nitrogens is 1. The molecule has 0 unspecified atom stereocenters. The Labute approximate surface area is 147 Å². The van der Waals surface area contributed by atoms with E-state index in [1.807, 2.05) is 14.1 Å². The maximum atomic E-state index is 12.4. The van der Waals surface area contributed by atoms with E-state index in [1.165, 1.54) is 13.3 Å². The standard InChI is InChI=1S/C19H36N2O3/c1-14(2)17-9-8-15(3)12-18(17)24-19(23)13-21(5,6)11-7-10-20-16(4)22/h14-15,17-18H,7-13H2,1-6H3/p+1/t15-,17+,18-/m0/s1. The van der Waals surface area contributed by atoms with Crippen LogP contribution in [0.3, 0.4) is 0 Å². The van der Waals surface area contributed by atoms with E-state index in [2.05, 4.69) is 26.1 Å². The van der Waals surface area contributed by atoms with Crippen LogP contribution in [-0.2, 0) is 14.3 Å². The number of nitrogens with one attached hydrogen (secondary N) is 1. The molecule has 5 nitrogen and oxygen atoms in total. The molecule has 1 saturated carbocycles. The summed E-state index contributed by atoms with van der Waals surface area (Å²) in [6, 6.07) is 0. The molecule has 0 aromatic carbocycles. The fraction of sp³-hybridized carbons (Fsp3) is 0.895. The van der Waals surface area contributed by atoms with Crippen molar-refractivity contribution in [1.82, 2.24) is 5.32 Å². The molecule has 1 amide bonds. The molecule has 1 aliphatic rings. The van der Waals surface area contributed by atoms with E-state index in [0.717, 1.165) is 25.8 Å². The average molecular weight is 342 g/mol. The number of carbonyl (C=O) groups is 2. The van der Waals surface area contributed by atoms with Gasteiger partial charge in [-0.25, -0.2) is 4.79 Å². The Morgan fingerprint density at radius 1 is 1.25 bits per heavy atom. The number of esters is 1. The van der Waals surface area contributed by atoms with Crippen LogP contribution >= 0.6 is 0 Å². The van der Waals surface area contributed by atoms with Crippen LogP contribution in [0.4, 0.5) is 0 Å². The van der Waals surface area contributed by atoms with E-state index < -0.39 is 0 Å². The molecule has 0 bridgehead atoms. The van der Waals surface area contributed by atoms with E-state index >= 15 is 0 Å². The molecule has 1 N–H and O–H groups in total. The lowest BCUT2D eigenvalue weighted by atomic mass is 9.75. The highest BCUT2D eigenvalue weighted by molar-refractivity contribution is 5.72. The van der Waals surface area contributed by atoms with Crippen molar-refractivity contribution in [2.45, 2.75) is 59.5 Å². The second kappa shape index (κ2) is 9.40. The summed E-state index contributed by atoms with van der Waals surface area (Å²) in [5, 5.41) is 2.80. The number of amides is 1. The molecule has 0 aromatic heterocycles. The first-order valence-corrected chi connectivity index (χ1v) is 9.36. The Kier molecular flexibility index (Phi) is 8.20. The van der Waals surface area contributed by atoms with Crippen molar-refractivity contribution in [1.29, 1.82) is 0 Å². The SMILES string of the molecule is CC(=O)NCCC[N+](C)(C)CC(=O)O[C@H]1C[C@@H](C)CC[C@@H]1C(C)C. The van der Waals surface area contributed by atoms with Crippen molar-refractivity contribution in [3.8, 4) is 0 Å². The van der Waals surface area contributed by atoms with Gasteiger partial charge in [0.1, 0.15) is 6.10 Å². The second-order valence-electron chi connectivity index (χ2n) is 8.51. The minimum absolute atomic E-state index is 0.00846. The molecule has 0 heterocycles. The highest BCUT2D eigenvalue weighted by Gasteiger charge is 2.34. The summed E-state index contributed by atoms with van der Waals surface area (Å²) in [6.07, 6.45) is 4.31. The third-order valence-electron chi connectivity index (χ3n) is 5.12. The van der Waals surface area contributed by atoms with Crippen molar-refractivity contribution in [2.24, 2.45) is 17.8 Å². The summed E-state index contributed by atoms with van der Waals surface area (Å²) < 4.78 is 6.48. The predicted molar refractivity (Wildman–Crippen MR) is 96.4 cm³/mol. The van der Waals surface area contributed by atoms with E-state index in [0.29, 0.717) is 35.3 Å². The number of hydrogen-bond acceptors (Lipinski definition) is 3. The van der Waals surface area contributed by atoms with Gasteiger partial charge in [0.2, 0.25) is 5.91 Å². The first-order chi connectivity index (χ1) is 11.1. The smallest absolute Gasteiger partial charge is 0.362 e. The number of ether oxygens (including phenoxy) is 1. The minimum Gasteiger partial charge on any atom is -0.458 e. The topological polar surface area (TPSA) is 55.4 Å². The molecule has 0 aromatic rings. The normalized spacial score (nSPS) is 24.7. The molecule has 0 saturated heterocycles. The van der Waals surface area contributed by atoms with Gasteiger partial charge in [-0.3, -0.25) is 4.79 Å². The molecule has 5 heteroatoms. The Morgan fingerprint density at radius 2 is 1.92 bits per heavy atom. The largest absolute Gasteiger partial charge is 0.458 e. The van der Waals surface area contributed by atoms with Gasteiger partial charge in [0.05, 0.1) is 20.6 Å². The molecule has 1 fully saturated rings. The lowest BCUT2D eigenvalue weighted by molar-refractivity contribution is -0.883. The van der Waals surface area contributed by atoms with Crippen molar-refractivity contribution >= 4 is 11.9 Å². The molecular weight excluding hydrogens is 304 g/mol. The number of rotatable bonds is 8. The van der Waals surface area contributed by atoms with Gasteiger partial charge in [0, 0.05) is 19.9 Å². The van der Waals surface area contributed by atoms with Gasteiger partial charge < -0.3 is 14.5 Å². The van der Waals surface area contributed by atoms with Crippen molar-refractivity contribution in [3.63, 3.8) is 0 Å². The zero-order valence-electron chi connectivity index (χ0n) is 16.4. The van der Waals surface area contributed by atoms with Gasteiger partial charge in [0.25, 0.3) is 0 Å². The van der Waals surface area contributed by atoms with Crippen molar-refractivity contribution in [2.75, 3.05) is 33.7 Å². The number of nitrogens with zero attached hydrogens (tertiary/aromatic N) is 1. The zero-order valence-corrected chi connectivity index (χ0v) is 16.4. The molecule has 24 heavy (non-hydrogen) atoms. The Bertz CT molecular complexity index is 421. The molecule has 0 spiro atoms. The van der Waals surface area contributed by atoms with Gasteiger partial charge in [-0.15, -0.1) is 0 Å². The predicted octanol–water partition coefficient (Wildman–Crippen LogP) is 2.59. The van der Waals surface area contributed by atoms with Crippen LogP contribution < -0.4 is 5.32 Å². The molecule has 0 radical (unpaired) electrons. The van der Waals surface area contributed by atoms with E-state index in [1.54, 1.807) is 0 Å². The molecule has 1 rings (SSSR count). The fourth-order valence-corrected chi connectivity index (χ4v) is 3.66. The fourth-order valence-electron chi connectivity index (χ4n) is 3.66. The number of carbonyl (C=O) groups excluding carboxylic acids is 2. The highest BCUT2D eigenvalue weighted by atomic mass is 16.5. The van der Waals surface area contributed by atoms with E-state index in [9.17, 15) is 9.59 Å². The molecule has 1 aliphatic carbocycles. The van der Waals surface area contributed by atoms with Crippen LogP contribution in [0.2, 0.25) is 0 Å². The Balaban J connectivity index is 2.45. The summed E-state index contributed by atoms with van der Waals surface area (Å²) in [4.78, 5) is 23.3. The van der Waals surface area contributed by atoms with Gasteiger partial charge in [-0.05, 0) is 30.6 Å². The van der Waals surface area contributed by atoms with Crippen LogP contribution in [0.1, 0.15) is 53.4 Å². The summed E-state index contributed by atoms with van der Waals surface area (Å²) in [7, 11) is 4.08. The maximum Gasteiger partial charge on any atom is 0.362 e. The lowest BCUT2D eigenvalue weighted by Crippen LogP contribution is -2.47. The average Bonchev–Trinajstić information content (AvgIpc) is 2.42. The lowest BCUT2D eigenvalue weighted by Gasteiger charge is -2.37. The highest BCUT2D eigenvalue weighted by Crippen LogP contribution is 2.35. The first-order valence-electron chi connectivity index (χ1n) is 9.36. The molecule has 0 aliphatic heterocycles. The summed E-state index contributed by atoms with van der Waals surface area (Å²) in [6.45, 7) is 10.1. The minimum atomic E-state index is -0.0933. The van der Waals surface area contributed by atoms with Crippen LogP contribution in [0.15, 0.2) is 0 Å². The third-order valence-corrected chi connectivity index (χ3v) is 5.12. The second-order valence-corrected chi connectivity index (χ2v) is 8.51. The van der Waals surface area contributed by atoms with E-state index in [4.69, 9.17) is 4.74 Å². The number of likely N-dealkylation sites (N-methyl/N-ethyl adjacent to an activating group) is 1. The molecular formula is C19H37N2O3+. The summed E-state index contributed by atoms with van der Waals surface area (Å²) >= 11 is 0. The van der Waals surface area contributed by atoms with Gasteiger partial charge in [-0.1, -0.05) is 27.2 Å². The number of hydrogen-bond donors (Lipinski definition) is 1. The first kappa shape index (κ1) is 20.9. The van der Waals surface area contributed by atoms with Crippen LogP contribution in [0, 0.1) is 17.8 Å². The third kappa shape index (κ3) is 7.65. The quantitative estimate of drug-likeness (QED) is 0.419. The summed E-state index contributed by atoms with van der Waals surface area (Å²) in [5.74, 6) is 1.57. The molecule has 3 atom stereocenters. The van der Waals surface area contributed by atoms with Gasteiger partial charge in [-0.2, -0.15) is 0 Å². The zero-order chi connectivity index (χ0) is 18.3. The van der Waals surface area contributed by atoms with Crippen LogP contribution in [0.5, 0.6) is 0 Å². The van der Waals surface area contributed by atoms with Gasteiger partial charge in [0.15, 0.2) is 6.54 Å². The Morgan fingerprint density at radius 3 is 2.50 bits per heavy atom.